The highest BCUT2D eigenvalue weighted by molar-refractivity contribution is 5.90. The number of nitrogens with two attached hydrogens (primary N) is 1. The fraction of sp³-hybridized carbons (Fsp3) is 0.167. The quantitative estimate of drug-likeness (QED) is 0.717. The minimum atomic E-state index is -0.998. The molecule has 0 fully saturated rings. The Morgan fingerprint density at radius 1 is 1.44 bits per heavy atom. The standard InChI is InChI=1S/C12H14N4O2/c1-7-5-11(15-16(7)2)14-10-4-3-8(12(17)18)6-9(10)13/h3-6H,13H2,1-2H3,(H,14,15)(H,17,18). The van der Waals surface area contributed by atoms with E-state index in [1.807, 2.05) is 20.0 Å². The molecular formula is C12H14N4O2. The van der Waals surface area contributed by atoms with Crippen molar-refractivity contribution in [1.29, 1.82) is 0 Å². The number of carboxylic acid groups (broad SMARTS) is 1. The molecule has 94 valence electrons. The lowest BCUT2D eigenvalue weighted by Crippen LogP contribution is -2.02. The summed E-state index contributed by atoms with van der Waals surface area (Å²) in [5.74, 6) is -0.327. The molecule has 0 aliphatic heterocycles. The van der Waals surface area contributed by atoms with Crippen molar-refractivity contribution in [3.8, 4) is 0 Å². The summed E-state index contributed by atoms with van der Waals surface area (Å²) in [5.41, 5.74) is 7.98. The molecule has 6 heteroatoms. The van der Waals surface area contributed by atoms with Crippen LogP contribution < -0.4 is 11.1 Å². The van der Waals surface area contributed by atoms with Crippen LogP contribution in [0, 0.1) is 6.92 Å². The first kappa shape index (κ1) is 12.0. The summed E-state index contributed by atoms with van der Waals surface area (Å²) in [7, 11) is 1.84. The third-order valence-electron chi connectivity index (χ3n) is 2.68. The van der Waals surface area contributed by atoms with Gasteiger partial charge >= 0.3 is 5.97 Å². The van der Waals surface area contributed by atoms with Crippen LogP contribution in [0.4, 0.5) is 17.2 Å². The molecule has 2 rings (SSSR count). The van der Waals surface area contributed by atoms with Crippen LogP contribution in [0.15, 0.2) is 24.3 Å². The van der Waals surface area contributed by atoms with Gasteiger partial charge in [-0.2, -0.15) is 5.10 Å². The highest BCUT2D eigenvalue weighted by Gasteiger charge is 2.08. The molecule has 1 aromatic carbocycles. The van der Waals surface area contributed by atoms with Gasteiger partial charge in [-0.25, -0.2) is 4.79 Å². The molecule has 0 aliphatic carbocycles. The Balaban J connectivity index is 2.27. The van der Waals surface area contributed by atoms with E-state index >= 15 is 0 Å². The van der Waals surface area contributed by atoms with Gasteiger partial charge in [-0.1, -0.05) is 0 Å². The molecule has 0 spiro atoms. The SMILES string of the molecule is Cc1cc(Nc2ccc(C(=O)O)cc2N)nn1C. The van der Waals surface area contributed by atoms with Gasteiger partial charge in [0.25, 0.3) is 0 Å². The zero-order chi connectivity index (χ0) is 13.3. The number of hydrogen-bond acceptors (Lipinski definition) is 4. The number of aromatic nitrogens is 2. The van der Waals surface area contributed by atoms with Crippen LogP contribution in [0.5, 0.6) is 0 Å². The van der Waals surface area contributed by atoms with E-state index in [0.717, 1.165) is 5.69 Å². The van der Waals surface area contributed by atoms with E-state index in [9.17, 15) is 4.79 Å². The average molecular weight is 246 g/mol. The van der Waals surface area contributed by atoms with Gasteiger partial charge in [-0.3, -0.25) is 4.68 Å². The number of nitrogens with zero attached hydrogens (tertiary/aromatic N) is 2. The summed E-state index contributed by atoms with van der Waals surface area (Å²) in [6.07, 6.45) is 0. The number of aryl methyl sites for hydroxylation is 2. The predicted molar refractivity (Wildman–Crippen MR) is 69.0 cm³/mol. The third kappa shape index (κ3) is 2.27. The number of benzene rings is 1. The smallest absolute Gasteiger partial charge is 0.335 e. The van der Waals surface area contributed by atoms with Gasteiger partial charge in [0.2, 0.25) is 0 Å². The number of anilines is 3. The van der Waals surface area contributed by atoms with Gasteiger partial charge in [-0.15, -0.1) is 0 Å². The summed E-state index contributed by atoms with van der Waals surface area (Å²) >= 11 is 0. The highest BCUT2D eigenvalue weighted by Crippen LogP contribution is 2.23. The van der Waals surface area contributed by atoms with Gasteiger partial charge < -0.3 is 16.2 Å². The van der Waals surface area contributed by atoms with Crippen molar-refractivity contribution in [3.63, 3.8) is 0 Å². The molecule has 0 unspecified atom stereocenters. The number of carboxylic acids is 1. The zero-order valence-corrected chi connectivity index (χ0v) is 10.1. The normalized spacial score (nSPS) is 10.3. The Kier molecular flexibility index (Phi) is 2.93. The van der Waals surface area contributed by atoms with Crippen LogP contribution in [-0.4, -0.2) is 20.9 Å². The van der Waals surface area contributed by atoms with Crippen molar-refractivity contribution >= 4 is 23.2 Å². The first-order chi connectivity index (χ1) is 8.47. The molecule has 6 nitrogen and oxygen atoms in total. The molecule has 2 aromatic rings. The van der Waals surface area contributed by atoms with Crippen LogP contribution in [0.1, 0.15) is 16.1 Å². The molecule has 1 heterocycles. The van der Waals surface area contributed by atoms with E-state index in [1.54, 1.807) is 10.7 Å². The van der Waals surface area contributed by atoms with E-state index in [2.05, 4.69) is 10.4 Å². The van der Waals surface area contributed by atoms with Crippen LogP contribution >= 0.6 is 0 Å². The number of nitrogen functional groups attached to an aromatic ring is 1. The first-order valence-corrected chi connectivity index (χ1v) is 5.38. The number of aromatic carboxylic acids is 1. The largest absolute Gasteiger partial charge is 0.478 e. The van der Waals surface area contributed by atoms with Gasteiger partial charge in [0.1, 0.15) is 0 Å². The molecule has 0 saturated carbocycles. The maximum Gasteiger partial charge on any atom is 0.335 e. The monoisotopic (exact) mass is 246 g/mol. The second-order valence-corrected chi connectivity index (χ2v) is 4.03. The molecule has 18 heavy (non-hydrogen) atoms. The van der Waals surface area contributed by atoms with Crippen molar-refractivity contribution in [2.45, 2.75) is 6.92 Å². The Morgan fingerprint density at radius 3 is 2.67 bits per heavy atom. The Morgan fingerprint density at radius 2 is 2.17 bits per heavy atom. The summed E-state index contributed by atoms with van der Waals surface area (Å²) in [6, 6.07) is 6.42. The number of hydrogen-bond donors (Lipinski definition) is 3. The molecule has 0 atom stereocenters. The van der Waals surface area contributed by atoms with E-state index in [4.69, 9.17) is 10.8 Å². The Labute approximate surface area is 104 Å². The topological polar surface area (TPSA) is 93.2 Å². The number of carbonyl (C=O) groups is 1. The first-order valence-electron chi connectivity index (χ1n) is 5.38. The third-order valence-corrected chi connectivity index (χ3v) is 2.68. The molecule has 0 radical (unpaired) electrons. The van der Waals surface area contributed by atoms with E-state index in [-0.39, 0.29) is 5.56 Å². The van der Waals surface area contributed by atoms with Gasteiger partial charge in [0.15, 0.2) is 5.82 Å². The fourth-order valence-electron chi connectivity index (χ4n) is 1.57. The van der Waals surface area contributed by atoms with Crippen molar-refractivity contribution in [3.05, 3.63) is 35.5 Å². The summed E-state index contributed by atoms with van der Waals surface area (Å²) in [6.45, 7) is 1.94. The Bertz CT molecular complexity index is 585. The predicted octanol–water partition coefficient (Wildman–Crippen LogP) is 1.75. The van der Waals surface area contributed by atoms with Gasteiger partial charge in [0.05, 0.1) is 16.9 Å². The number of rotatable bonds is 3. The average Bonchev–Trinajstić information content (AvgIpc) is 2.61. The van der Waals surface area contributed by atoms with Crippen molar-refractivity contribution < 1.29 is 9.90 Å². The van der Waals surface area contributed by atoms with E-state index in [0.29, 0.717) is 17.2 Å². The van der Waals surface area contributed by atoms with E-state index < -0.39 is 5.97 Å². The molecule has 0 amide bonds. The van der Waals surface area contributed by atoms with Crippen LogP contribution in [-0.2, 0) is 7.05 Å². The Hall–Kier alpha value is -2.50. The molecule has 0 aliphatic rings. The number of nitrogens with one attached hydrogen (secondary N) is 1. The molecule has 1 aromatic heterocycles. The molecule has 0 bridgehead atoms. The molecular weight excluding hydrogens is 232 g/mol. The van der Waals surface area contributed by atoms with Crippen molar-refractivity contribution in [2.75, 3.05) is 11.1 Å². The zero-order valence-electron chi connectivity index (χ0n) is 10.1. The summed E-state index contributed by atoms with van der Waals surface area (Å²) in [5, 5.41) is 16.1. The fourth-order valence-corrected chi connectivity index (χ4v) is 1.57. The van der Waals surface area contributed by atoms with E-state index in [1.165, 1.54) is 12.1 Å². The second kappa shape index (κ2) is 4.40. The van der Waals surface area contributed by atoms with Crippen LogP contribution in [0.2, 0.25) is 0 Å². The lowest BCUT2D eigenvalue weighted by molar-refractivity contribution is 0.0697. The highest BCUT2D eigenvalue weighted by atomic mass is 16.4. The second-order valence-electron chi connectivity index (χ2n) is 4.03. The molecule has 4 N–H and O–H groups in total. The lowest BCUT2D eigenvalue weighted by atomic mass is 10.2. The minimum Gasteiger partial charge on any atom is -0.478 e. The van der Waals surface area contributed by atoms with Crippen LogP contribution in [0.3, 0.4) is 0 Å². The van der Waals surface area contributed by atoms with Crippen molar-refractivity contribution in [1.82, 2.24) is 9.78 Å². The minimum absolute atomic E-state index is 0.162. The van der Waals surface area contributed by atoms with Gasteiger partial charge in [-0.05, 0) is 25.1 Å². The lowest BCUT2D eigenvalue weighted by Gasteiger charge is -2.07. The summed E-state index contributed by atoms with van der Waals surface area (Å²) in [4.78, 5) is 10.8. The maximum atomic E-state index is 10.8. The molecule has 0 saturated heterocycles. The van der Waals surface area contributed by atoms with Crippen LogP contribution in [0.25, 0.3) is 0 Å². The maximum absolute atomic E-state index is 10.8. The van der Waals surface area contributed by atoms with Gasteiger partial charge in [0, 0.05) is 18.8 Å². The van der Waals surface area contributed by atoms with Crippen molar-refractivity contribution in [2.24, 2.45) is 7.05 Å². The summed E-state index contributed by atoms with van der Waals surface area (Å²) < 4.78 is 1.74.